The van der Waals surface area contributed by atoms with Crippen LogP contribution in [-0.4, -0.2) is 35.4 Å². The summed E-state index contributed by atoms with van der Waals surface area (Å²) in [6.07, 6.45) is 1.21. The van der Waals surface area contributed by atoms with Crippen molar-refractivity contribution in [2.75, 3.05) is 6.61 Å². The molecule has 35 heavy (non-hydrogen) atoms. The van der Waals surface area contributed by atoms with E-state index in [1.54, 1.807) is 4.90 Å². The summed E-state index contributed by atoms with van der Waals surface area (Å²) < 4.78 is 7.82. The fourth-order valence-corrected chi connectivity index (χ4v) is 4.39. The number of hydrogen-bond donors (Lipinski definition) is 1. The maximum absolute atomic E-state index is 13.6. The highest BCUT2D eigenvalue weighted by Gasteiger charge is 2.31. The highest BCUT2D eigenvalue weighted by molar-refractivity contribution is 14.1. The maximum Gasteiger partial charge on any atom is 0.261 e. The van der Waals surface area contributed by atoms with E-state index in [9.17, 15) is 9.59 Å². The summed E-state index contributed by atoms with van der Waals surface area (Å²) in [6.45, 7) is 4.13. The Labute approximate surface area is 229 Å². The molecule has 0 unspecified atom stereocenters. The van der Waals surface area contributed by atoms with E-state index in [4.69, 9.17) is 4.74 Å². The van der Waals surface area contributed by atoms with Crippen molar-refractivity contribution in [3.05, 3.63) is 98.0 Å². The molecule has 0 aliphatic rings. The first-order chi connectivity index (χ1) is 16.9. The lowest BCUT2D eigenvalue weighted by Crippen LogP contribution is -2.53. The minimum atomic E-state index is -0.682. The first-order valence-electron chi connectivity index (χ1n) is 11.6. The van der Waals surface area contributed by atoms with E-state index in [1.807, 2.05) is 92.7 Å². The average Bonchev–Trinajstić information content (AvgIpc) is 2.86. The first kappa shape index (κ1) is 27.2. The smallest absolute Gasteiger partial charge is 0.261 e. The van der Waals surface area contributed by atoms with Crippen molar-refractivity contribution in [3.63, 3.8) is 0 Å². The molecule has 3 aromatic carbocycles. The van der Waals surface area contributed by atoms with Crippen LogP contribution in [0.2, 0.25) is 0 Å². The molecule has 0 saturated carbocycles. The normalized spacial score (nSPS) is 12.5. The zero-order valence-corrected chi connectivity index (χ0v) is 23.7. The fourth-order valence-electron chi connectivity index (χ4n) is 3.59. The summed E-state index contributed by atoms with van der Waals surface area (Å²) in [7, 11) is 0. The molecule has 3 rings (SSSR count). The summed E-state index contributed by atoms with van der Waals surface area (Å²) in [5.41, 5.74) is 1.92. The Kier molecular flexibility index (Phi) is 10.6. The highest BCUT2D eigenvalue weighted by Crippen LogP contribution is 2.19. The van der Waals surface area contributed by atoms with Crippen LogP contribution in [0.5, 0.6) is 5.75 Å². The number of ether oxygens (including phenoxy) is 1. The van der Waals surface area contributed by atoms with Crippen molar-refractivity contribution in [3.8, 4) is 5.75 Å². The van der Waals surface area contributed by atoms with Crippen molar-refractivity contribution in [1.82, 2.24) is 10.2 Å². The van der Waals surface area contributed by atoms with Gasteiger partial charge < -0.3 is 15.0 Å². The van der Waals surface area contributed by atoms with Crippen molar-refractivity contribution < 1.29 is 14.3 Å². The van der Waals surface area contributed by atoms with Crippen LogP contribution in [0.1, 0.15) is 31.4 Å². The number of carbonyl (C=O) groups excluding carboxylic acids is 2. The largest absolute Gasteiger partial charge is 0.484 e. The Morgan fingerprint density at radius 2 is 1.69 bits per heavy atom. The Hall–Kier alpha value is -2.39. The van der Waals surface area contributed by atoms with E-state index in [2.05, 4.69) is 43.8 Å². The molecule has 5 nitrogen and oxygen atoms in total. The van der Waals surface area contributed by atoms with Crippen molar-refractivity contribution in [2.24, 2.45) is 0 Å². The average molecular weight is 649 g/mol. The van der Waals surface area contributed by atoms with Gasteiger partial charge in [-0.25, -0.2) is 0 Å². The summed E-state index contributed by atoms with van der Waals surface area (Å²) in [5.74, 6) is 0.203. The van der Waals surface area contributed by atoms with Gasteiger partial charge in [0.2, 0.25) is 5.91 Å². The summed E-state index contributed by atoms with van der Waals surface area (Å²) in [5, 5.41) is 3.08. The minimum Gasteiger partial charge on any atom is -0.484 e. The summed E-state index contributed by atoms with van der Waals surface area (Å²) in [6, 6.07) is 24.4. The Balaban J connectivity index is 1.90. The van der Waals surface area contributed by atoms with Crippen LogP contribution in [0.3, 0.4) is 0 Å². The van der Waals surface area contributed by atoms with Gasteiger partial charge in [0.25, 0.3) is 5.91 Å². The van der Waals surface area contributed by atoms with Crippen LogP contribution in [0, 0.1) is 3.57 Å². The second kappa shape index (κ2) is 13.6. The molecule has 7 heteroatoms. The van der Waals surface area contributed by atoms with Gasteiger partial charge in [0.15, 0.2) is 6.61 Å². The second-order valence-corrected chi connectivity index (χ2v) is 10.6. The molecule has 1 N–H and O–H groups in total. The van der Waals surface area contributed by atoms with E-state index in [-0.39, 0.29) is 24.5 Å². The van der Waals surface area contributed by atoms with Gasteiger partial charge in [-0.1, -0.05) is 65.3 Å². The molecule has 0 aromatic heterocycles. The van der Waals surface area contributed by atoms with Crippen LogP contribution in [0.4, 0.5) is 0 Å². The standard InChI is InChI=1S/C28H30BrIN2O3/c1-3-20(2)31-28(34)26(17-21-8-5-4-6-9-21)32(18-22-10-7-11-23(29)16-22)27(33)19-35-25-14-12-24(30)13-15-25/h4-16,20,26H,3,17-19H2,1-2H3,(H,31,34)/t20-,26-/m0/s1. The molecule has 0 fully saturated rings. The molecular formula is C28H30BrIN2O3. The molecule has 0 aliphatic carbocycles. The van der Waals surface area contributed by atoms with E-state index < -0.39 is 6.04 Å². The SMILES string of the molecule is CC[C@H](C)NC(=O)[C@H](Cc1ccccc1)N(Cc1cccc(Br)c1)C(=O)COc1ccc(I)cc1. The Morgan fingerprint density at radius 1 is 1.00 bits per heavy atom. The third-order valence-electron chi connectivity index (χ3n) is 5.69. The van der Waals surface area contributed by atoms with Crippen molar-refractivity contribution >= 4 is 50.3 Å². The minimum absolute atomic E-state index is 0.00615. The summed E-state index contributed by atoms with van der Waals surface area (Å²) >= 11 is 5.73. The zero-order valence-electron chi connectivity index (χ0n) is 19.9. The molecule has 3 aromatic rings. The van der Waals surface area contributed by atoms with E-state index in [0.29, 0.717) is 18.7 Å². The topological polar surface area (TPSA) is 58.6 Å². The molecule has 184 valence electrons. The van der Waals surface area contributed by atoms with Crippen LogP contribution >= 0.6 is 38.5 Å². The molecule has 0 heterocycles. The predicted molar refractivity (Wildman–Crippen MR) is 151 cm³/mol. The molecule has 2 atom stereocenters. The lowest BCUT2D eigenvalue weighted by Gasteiger charge is -2.32. The van der Waals surface area contributed by atoms with Gasteiger partial charge in [-0.15, -0.1) is 0 Å². The quantitative estimate of drug-likeness (QED) is 0.260. The lowest BCUT2D eigenvalue weighted by atomic mass is 10.0. The molecular weight excluding hydrogens is 619 g/mol. The number of amides is 2. The van der Waals surface area contributed by atoms with Crippen LogP contribution in [0.25, 0.3) is 0 Å². The monoisotopic (exact) mass is 648 g/mol. The number of carbonyl (C=O) groups is 2. The number of hydrogen-bond acceptors (Lipinski definition) is 3. The number of nitrogens with zero attached hydrogens (tertiary/aromatic N) is 1. The Bertz CT molecular complexity index is 1110. The fraction of sp³-hybridized carbons (Fsp3) is 0.286. The molecule has 0 radical (unpaired) electrons. The molecule has 0 aliphatic heterocycles. The second-order valence-electron chi connectivity index (χ2n) is 8.42. The molecule has 2 amide bonds. The third-order valence-corrected chi connectivity index (χ3v) is 6.90. The highest BCUT2D eigenvalue weighted by atomic mass is 127. The summed E-state index contributed by atoms with van der Waals surface area (Å²) in [4.78, 5) is 28.7. The number of rotatable bonds is 11. The predicted octanol–water partition coefficient (Wildman–Crippen LogP) is 5.99. The van der Waals surface area contributed by atoms with Gasteiger partial charge in [0.05, 0.1) is 0 Å². The first-order valence-corrected chi connectivity index (χ1v) is 13.5. The zero-order chi connectivity index (χ0) is 25.2. The van der Waals surface area contributed by atoms with Gasteiger partial charge >= 0.3 is 0 Å². The van der Waals surface area contributed by atoms with Crippen LogP contribution in [-0.2, 0) is 22.6 Å². The molecule has 0 spiro atoms. The number of halogens is 2. The van der Waals surface area contributed by atoms with E-state index >= 15 is 0 Å². The molecule has 0 bridgehead atoms. The number of benzene rings is 3. The number of nitrogens with one attached hydrogen (secondary N) is 1. The van der Waals surface area contributed by atoms with Gasteiger partial charge in [-0.2, -0.15) is 0 Å². The van der Waals surface area contributed by atoms with Gasteiger partial charge in [0.1, 0.15) is 11.8 Å². The van der Waals surface area contributed by atoms with Crippen molar-refractivity contribution in [1.29, 1.82) is 0 Å². The van der Waals surface area contributed by atoms with Gasteiger partial charge in [-0.3, -0.25) is 9.59 Å². The Morgan fingerprint density at radius 3 is 2.34 bits per heavy atom. The van der Waals surface area contributed by atoms with Gasteiger partial charge in [0, 0.05) is 27.1 Å². The van der Waals surface area contributed by atoms with E-state index in [1.165, 1.54) is 0 Å². The third kappa shape index (κ3) is 8.65. The molecule has 0 saturated heterocycles. The van der Waals surface area contributed by atoms with Crippen LogP contribution < -0.4 is 10.1 Å². The maximum atomic E-state index is 13.6. The van der Waals surface area contributed by atoms with Gasteiger partial charge in [-0.05, 0) is 83.5 Å². The lowest BCUT2D eigenvalue weighted by molar-refractivity contribution is -0.143. The van der Waals surface area contributed by atoms with Crippen LogP contribution in [0.15, 0.2) is 83.3 Å². The van der Waals surface area contributed by atoms with Crippen molar-refractivity contribution in [2.45, 2.75) is 45.3 Å². The van der Waals surface area contributed by atoms with E-state index in [0.717, 1.165) is 25.6 Å².